The van der Waals surface area contributed by atoms with E-state index in [0.29, 0.717) is 30.1 Å². The van der Waals surface area contributed by atoms with E-state index in [0.717, 1.165) is 13.0 Å². The van der Waals surface area contributed by atoms with Crippen LogP contribution in [0, 0.1) is 17.2 Å². The van der Waals surface area contributed by atoms with Crippen molar-refractivity contribution in [2.45, 2.75) is 25.7 Å². The lowest BCUT2D eigenvalue weighted by Crippen LogP contribution is -2.35. The number of amides is 1. The third-order valence-electron chi connectivity index (χ3n) is 4.84. The zero-order chi connectivity index (χ0) is 15.2. The van der Waals surface area contributed by atoms with Gasteiger partial charge in [0.1, 0.15) is 5.82 Å². The van der Waals surface area contributed by atoms with Gasteiger partial charge in [-0.15, -0.1) is 12.4 Å². The largest absolute Gasteiger partial charge is 0.342 e. The maximum atomic E-state index is 13.9. The van der Waals surface area contributed by atoms with Gasteiger partial charge in [0, 0.05) is 35.5 Å². The second kappa shape index (κ2) is 6.34. The average Bonchev–Trinajstić information content (AvgIpc) is 3.13. The van der Waals surface area contributed by atoms with Crippen LogP contribution in [0.3, 0.4) is 0 Å². The van der Waals surface area contributed by atoms with Gasteiger partial charge in [0.2, 0.25) is 5.91 Å². The van der Waals surface area contributed by atoms with Crippen LogP contribution < -0.4 is 5.73 Å². The Balaban J connectivity index is 0.00000176. The molecule has 1 aliphatic heterocycles. The van der Waals surface area contributed by atoms with Gasteiger partial charge in [-0.25, -0.2) is 4.39 Å². The first-order valence-corrected chi connectivity index (χ1v) is 7.76. The van der Waals surface area contributed by atoms with Crippen LogP contribution in [0.15, 0.2) is 18.2 Å². The summed E-state index contributed by atoms with van der Waals surface area (Å²) < 4.78 is 13.9. The monoisotopic (exact) mass is 346 g/mol. The highest BCUT2D eigenvalue weighted by molar-refractivity contribution is 6.31. The molecule has 3 atom stereocenters. The summed E-state index contributed by atoms with van der Waals surface area (Å²) in [5.74, 6) is -0.386. The molecule has 22 heavy (non-hydrogen) atoms. The minimum atomic E-state index is -0.309. The van der Waals surface area contributed by atoms with Gasteiger partial charge >= 0.3 is 0 Å². The molecule has 0 bridgehead atoms. The van der Waals surface area contributed by atoms with Crippen LogP contribution in [0.2, 0.25) is 5.02 Å². The molecule has 1 aromatic rings. The molecule has 1 aromatic carbocycles. The molecular weight excluding hydrogens is 326 g/mol. The summed E-state index contributed by atoms with van der Waals surface area (Å²) >= 11 is 6.08. The third kappa shape index (κ3) is 3.10. The summed E-state index contributed by atoms with van der Waals surface area (Å²) in [6.45, 7) is 4.15. The average molecular weight is 347 g/mol. The van der Waals surface area contributed by atoms with Crippen LogP contribution in [0.4, 0.5) is 4.39 Å². The normalized spacial score (nSPS) is 30.1. The van der Waals surface area contributed by atoms with E-state index in [4.69, 9.17) is 17.3 Å². The van der Waals surface area contributed by atoms with Crippen LogP contribution in [0.25, 0.3) is 0 Å². The smallest absolute Gasteiger partial charge is 0.226 e. The van der Waals surface area contributed by atoms with Gasteiger partial charge in [-0.1, -0.05) is 24.6 Å². The maximum absolute atomic E-state index is 13.9. The number of nitrogens with two attached hydrogens (primary N) is 1. The molecule has 1 amide bonds. The fourth-order valence-electron chi connectivity index (χ4n) is 3.26. The van der Waals surface area contributed by atoms with Crippen molar-refractivity contribution in [2.75, 3.05) is 19.6 Å². The van der Waals surface area contributed by atoms with Crippen molar-refractivity contribution in [3.63, 3.8) is 0 Å². The molecule has 0 spiro atoms. The van der Waals surface area contributed by atoms with E-state index in [-0.39, 0.29) is 41.4 Å². The minimum Gasteiger partial charge on any atom is -0.342 e. The van der Waals surface area contributed by atoms with Gasteiger partial charge in [-0.05, 0) is 36.9 Å². The van der Waals surface area contributed by atoms with Crippen molar-refractivity contribution in [3.05, 3.63) is 34.6 Å². The molecule has 1 saturated carbocycles. The standard InChI is InChI=1S/C16H20ClFN2O.ClH/c1-16(8-19)5-6-20(9-16)15(21)11-7-10(11)14-12(17)3-2-4-13(14)18;/h2-4,10-11H,5-9,19H2,1H3;1H. The van der Waals surface area contributed by atoms with Crippen molar-refractivity contribution < 1.29 is 9.18 Å². The molecule has 3 nitrogen and oxygen atoms in total. The summed E-state index contributed by atoms with van der Waals surface area (Å²) in [6.07, 6.45) is 1.63. The van der Waals surface area contributed by atoms with Crippen molar-refractivity contribution >= 4 is 29.9 Å². The molecule has 3 rings (SSSR count). The number of nitrogens with zero attached hydrogens (tertiary/aromatic N) is 1. The topological polar surface area (TPSA) is 46.3 Å². The number of rotatable bonds is 3. The van der Waals surface area contributed by atoms with Gasteiger partial charge in [0.05, 0.1) is 0 Å². The molecule has 122 valence electrons. The summed E-state index contributed by atoms with van der Waals surface area (Å²) in [6, 6.07) is 4.68. The van der Waals surface area contributed by atoms with Crippen molar-refractivity contribution in [2.24, 2.45) is 17.1 Å². The lowest BCUT2D eigenvalue weighted by molar-refractivity contribution is -0.132. The van der Waals surface area contributed by atoms with Crippen molar-refractivity contribution in [1.29, 1.82) is 0 Å². The van der Waals surface area contributed by atoms with Crippen LogP contribution in [0.5, 0.6) is 0 Å². The molecule has 1 saturated heterocycles. The van der Waals surface area contributed by atoms with E-state index in [2.05, 4.69) is 6.92 Å². The molecular formula is C16H21Cl2FN2O. The van der Waals surface area contributed by atoms with E-state index in [1.807, 2.05) is 4.90 Å². The lowest BCUT2D eigenvalue weighted by atomic mass is 9.90. The highest BCUT2D eigenvalue weighted by Gasteiger charge is 2.49. The van der Waals surface area contributed by atoms with Gasteiger partial charge in [0.15, 0.2) is 0 Å². The molecule has 2 N–H and O–H groups in total. The number of hydrogen-bond acceptors (Lipinski definition) is 2. The number of halogens is 3. The third-order valence-corrected chi connectivity index (χ3v) is 5.17. The number of benzene rings is 1. The Morgan fingerprint density at radius 3 is 2.86 bits per heavy atom. The number of likely N-dealkylation sites (tertiary alicyclic amines) is 1. The summed E-state index contributed by atoms with van der Waals surface area (Å²) in [7, 11) is 0. The molecule has 3 unspecified atom stereocenters. The quantitative estimate of drug-likeness (QED) is 0.913. The zero-order valence-corrected chi connectivity index (χ0v) is 14.1. The van der Waals surface area contributed by atoms with Crippen LogP contribution in [-0.2, 0) is 4.79 Å². The Hall–Kier alpha value is -0.840. The highest BCUT2D eigenvalue weighted by atomic mass is 35.5. The van der Waals surface area contributed by atoms with Gasteiger partial charge in [0.25, 0.3) is 0 Å². The van der Waals surface area contributed by atoms with E-state index in [9.17, 15) is 9.18 Å². The first-order chi connectivity index (χ1) is 9.95. The number of carbonyl (C=O) groups is 1. The number of carbonyl (C=O) groups excluding carboxylic acids is 1. The van der Waals surface area contributed by atoms with Gasteiger partial charge in [-0.3, -0.25) is 4.79 Å². The SMILES string of the molecule is CC1(CN)CCN(C(=O)C2CC2c2c(F)cccc2Cl)C1.Cl. The lowest BCUT2D eigenvalue weighted by Gasteiger charge is -2.22. The second-order valence-corrected chi connectivity index (χ2v) is 7.02. The van der Waals surface area contributed by atoms with Crippen molar-refractivity contribution in [3.8, 4) is 0 Å². The Labute approximate surface area is 141 Å². The summed E-state index contributed by atoms with van der Waals surface area (Å²) in [4.78, 5) is 14.4. The first-order valence-electron chi connectivity index (χ1n) is 7.38. The van der Waals surface area contributed by atoms with E-state index >= 15 is 0 Å². The van der Waals surface area contributed by atoms with Crippen molar-refractivity contribution in [1.82, 2.24) is 4.90 Å². The van der Waals surface area contributed by atoms with Gasteiger partial charge in [-0.2, -0.15) is 0 Å². The molecule has 0 aromatic heterocycles. The maximum Gasteiger partial charge on any atom is 0.226 e. The van der Waals surface area contributed by atoms with E-state index < -0.39 is 0 Å². The molecule has 2 aliphatic rings. The van der Waals surface area contributed by atoms with E-state index in [1.54, 1.807) is 12.1 Å². The molecule has 1 heterocycles. The second-order valence-electron chi connectivity index (χ2n) is 6.61. The van der Waals surface area contributed by atoms with Crippen LogP contribution >= 0.6 is 24.0 Å². The minimum absolute atomic E-state index is 0. The van der Waals surface area contributed by atoms with E-state index in [1.165, 1.54) is 6.07 Å². The molecule has 6 heteroatoms. The fraction of sp³-hybridized carbons (Fsp3) is 0.562. The van der Waals surface area contributed by atoms with Gasteiger partial charge < -0.3 is 10.6 Å². The molecule has 0 radical (unpaired) electrons. The predicted molar refractivity (Wildman–Crippen MR) is 87.9 cm³/mol. The highest BCUT2D eigenvalue weighted by Crippen LogP contribution is 2.51. The Morgan fingerprint density at radius 2 is 2.27 bits per heavy atom. The Morgan fingerprint density at radius 1 is 1.55 bits per heavy atom. The summed E-state index contributed by atoms with van der Waals surface area (Å²) in [5.41, 5.74) is 6.30. The Kier molecular flexibility index (Phi) is 5.05. The molecule has 2 fully saturated rings. The molecule has 1 aliphatic carbocycles. The van der Waals surface area contributed by atoms with Crippen LogP contribution in [0.1, 0.15) is 31.2 Å². The fourth-order valence-corrected chi connectivity index (χ4v) is 3.57. The Bertz CT molecular complexity index is 563. The zero-order valence-electron chi connectivity index (χ0n) is 12.5. The predicted octanol–water partition coefficient (Wildman–Crippen LogP) is 3.20. The summed E-state index contributed by atoms with van der Waals surface area (Å²) in [5, 5.41) is 0.420. The van der Waals surface area contributed by atoms with Crippen LogP contribution in [-0.4, -0.2) is 30.4 Å². The first kappa shape index (κ1) is 17.5. The number of hydrogen-bond donors (Lipinski definition) is 1.